The Bertz CT molecular complexity index is 1690. The molecule has 11 nitrogen and oxygen atoms in total. The molecule has 4 heterocycles. The lowest BCUT2D eigenvalue weighted by Gasteiger charge is -2.27. The summed E-state index contributed by atoms with van der Waals surface area (Å²) >= 11 is 1.19. The van der Waals surface area contributed by atoms with Gasteiger partial charge in [0.1, 0.15) is 33.0 Å². The standard InChI is InChI=1S/C27H31FN6O5S/c1-6-13-39-20(18-14-17(28)7-8-19(18)38-5)15-32-24-21(16(2)23(40-24)34-29-10-11-30-34)22(35)33(26(32)37)27(3)9-12-31(4)25(27)36/h7-8,10-11,14,20H,6,9,12-13,15H2,1-5H3/t20-,27+/m0/s1. The number of benzene rings is 1. The average molecular weight is 571 g/mol. The molecule has 0 radical (unpaired) electrons. The van der Waals surface area contributed by atoms with Crippen molar-refractivity contribution in [2.45, 2.75) is 51.8 Å². The Kier molecular flexibility index (Phi) is 7.36. The summed E-state index contributed by atoms with van der Waals surface area (Å²) < 4.78 is 28.6. The monoisotopic (exact) mass is 570 g/mol. The van der Waals surface area contributed by atoms with E-state index in [0.717, 1.165) is 4.57 Å². The molecule has 1 fully saturated rings. The number of hydrogen-bond donors (Lipinski definition) is 0. The summed E-state index contributed by atoms with van der Waals surface area (Å²) in [4.78, 5) is 44.9. The number of carbonyl (C=O) groups is 1. The number of methoxy groups -OCH3 is 1. The van der Waals surface area contributed by atoms with Gasteiger partial charge in [-0.3, -0.25) is 14.2 Å². The van der Waals surface area contributed by atoms with E-state index in [1.807, 2.05) is 6.92 Å². The van der Waals surface area contributed by atoms with Crippen molar-refractivity contribution in [2.24, 2.45) is 0 Å². The second-order valence-corrected chi connectivity index (χ2v) is 11.0. The maximum absolute atomic E-state index is 14.4. The molecule has 0 unspecified atom stereocenters. The third-order valence-electron chi connectivity index (χ3n) is 7.43. The van der Waals surface area contributed by atoms with Crippen LogP contribution in [0.3, 0.4) is 0 Å². The minimum Gasteiger partial charge on any atom is -0.496 e. The van der Waals surface area contributed by atoms with Crippen LogP contribution in [0.5, 0.6) is 5.75 Å². The van der Waals surface area contributed by atoms with Gasteiger partial charge >= 0.3 is 5.69 Å². The summed E-state index contributed by atoms with van der Waals surface area (Å²) in [6, 6.07) is 4.13. The van der Waals surface area contributed by atoms with E-state index in [9.17, 15) is 18.8 Å². The van der Waals surface area contributed by atoms with Gasteiger partial charge in [-0.25, -0.2) is 13.8 Å². The van der Waals surface area contributed by atoms with Crippen LogP contribution in [0, 0.1) is 12.7 Å². The number of hydrogen-bond acceptors (Lipinski definition) is 8. The van der Waals surface area contributed by atoms with E-state index >= 15 is 0 Å². The van der Waals surface area contributed by atoms with Gasteiger partial charge in [-0.1, -0.05) is 18.3 Å². The zero-order valence-electron chi connectivity index (χ0n) is 23.0. The number of aryl methyl sites for hydroxylation is 1. The molecular weight excluding hydrogens is 539 g/mol. The molecule has 1 aliphatic heterocycles. The zero-order chi connectivity index (χ0) is 28.8. The lowest BCUT2D eigenvalue weighted by Crippen LogP contribution is -2.53. The lowest BCUT2D eigenvalue weighted by atomic mass is 10.00. The fourth-order valence-electron chi connectivity index (χ4n) is 5.28. The minimum atomic E-state index is -1.37. The van der Waals surface area contributed by atoms with Crippen LogP contribution in [0.4, 0.5) is 4.39 Å². The molecule has 0 bridgehead atoms. The molecule has 3 aromatic heterocycles. The Morgan fingerprint density at radius 2 is 1.93 bits per heavy atom. The summed E-state index contributed by atoms with van der Waals surface area (Å²) in [5, 5.41) is 9.29. The van der Waals surface area contributed by atoms with Gasteiger partial charge in [-0.05, 0) is 44.9 Å². The molecule has 2 atom stereocenters. The normalized spacial score (nSPS) is 18.1. The molecule has 212 valence electrons. The molecule has 13 heteroatoms. The first-order chi connectivity index (χ1) is 19.1. The number of fused-ring (bicyclic) bond motifs is 1. The molecule has 0 spiro atoms. The predicted octanol–water partition coefficient (Wildman–Crippen LogP) is 3.01. The van der Waals surface area contributed by atoms with Crippen molar-refractivity contribution in [1.29, 1.82) is 0 Å². The van der Waals surface area contributed by atoms with Crippen LogP contribution in [0.15, 0.2) is 40.2 Å². The van der Waals surface area contributed by atoms with Crippen LogP contribution in [0.2, 0.25) is 0 Å². The number of halogens is 1. The van der Waals surface area contributed by atoms with E-state index in [1.54, 1.807) is 20.9 Å². The number of thiophene rings is 1. The Morgan fingerprint density at radius 3 is 2.55 bits per heavy atom. The summed E-state index contributed by atoms with van der Waals surface area (Å²) in [5.74, 6) is -0.386. The van der Waals surface area contributed by atoms with Crippen LogP contribution in [0.1, 0.15) is 43.9 Å². The topological polar surface area (TPSA) is 113 Å². The van der Waals surface area contributed by atoms with Gasteiger partial charge < -0.3 is 14.4 Å². The van der Waals surface area contributed by atoms with Crippen molar-refractivity contribution >= 4 is 27.5 Å². The Hall–Kier alpha value is -3.84. The van der Waals surface area contributed by atoms with Crippen LogP contribution >= 0.6 is 11.3 Å². The van der Waals surface area contributed by atoms with Gasteiger partial charge in [0.15, 0.2) is 0 Å². The van der Waals surface area contributed by atoms with Crippen molar-refractivity contribution in [3.8, 4) is 10.8 Å². The van der Waals surface area contributed by atoms with Gasteiger partial charge in [0.25, 0.3) is 5.56 Å². The highest BCUT2D eigenvalue weighted by atomic mass is 32.1. The highest BCUT2D eigenvalue weighted by Crippen LogP contribution is 2.35. The summed E-state index contributed by atoms with van der Waals surface area (Å²) in [5.41, 5.74) is -1.55. The van der Waals surface area contributed by atoms with E-state index in [4.69, 9.17) is 9.47 Å². The molecule has 0 N–H and O–H groups in total. The van der Waals surface area contributed by atoms with Crippen molar-refractivity contribution in [2.75, 3.05) is 27.3 Å². The quantitative estimate of drug-likeness (QED) is 0.304. The van der Waals surface area contributed by atoms with E-state index in [1.165, 1.54) is 63.3 Å². The molecule has 4 aromatic rings. The largest absolute Gasteiger partial charge is 0.496 e. The highest BCUT2D eigenvalue weighted by Gasteiger charge is 2.46. The van der Waals surface area contributed by atoms with Crippen LogP contribution in [0.25, 0.3) is 15.2 Å². The van der Waals surface area contributed by atoms with E-state index < -0.39 is 28.7 Å². The molecule has 1 aromatic carbocycles. The first-order valence-electron chi connectivity index (χ1n) is 13.0. The van der Waals surface area contributed by atoms with Crippen molar-refractivity contribution < 1.29 is 18.7 Å². The molecular formula is C27H31FN6O5S. The maximum Gasteiger partial charge on any atom is 0.333 e. The smallest absolute Gasteiger partial charge is 0.333 e. The number of aromatic nitrogens is 5. The Balaban J connectivity index is 1.80. The number of likely N-dealkylation sites (N-methyl/N-ethyl adjacent to an activating group) is 1. The van der Waals surface area contributed by atoms with E-state index in [-0.39, 0.29) is 12.5 Å². The SMILES string of the molecule is CCCO[C@@H](Cn1c(=O)n([C@]2(C)CCN(C)C2=O)c(=O)c2c(C)c(-n3nccn3)sc21)c1cc(F)ccc1OC. The first-order valence-corrected chi connectivity index (χ1v) is 13.8. The molecule has 0 saturated carbocycles. The van der Waals surface area contributed by atoms with Gasteiger partial charge in [0, 0.05) is 31.3 Å². The molecule has 5 rings (SSSR count). The van der Waals surface area contributed by atoms with Crippen molar-refractivity contribution in [3.05, 3.63) is 68.4 Å². The van der Waals surface area contributed by atoms with Crippen LogP contribution in [-0.4, -0.2) is 62.2 Å². The third kappa shape index (κ3) is 4.42. The Morgan fingerprint density at radius 1 is 1.20 bits per heavy atom. The number of rotatable bonds is 9. The molecule has 1 saturated heterocycles. The summed E-state index contributed by atoms with van der Waals surface area (Å²) in [7, 11) is 3.13. The molecule has 40 heavy (non-hydrogen) atoms. The maximum atomic E-state index is 14.4. The number of nitrogens with zero attached hydrogens (tertiary/aromatic N) is 6. The molecule has 0 aliphatic carbocycles. The second kappa shape index (κ2) is 10.6. The average Bonchev–Trinajstić information content (AvgIpc) is 3.64. The fourth-order valence-corrected chi connectivity index (χ4v) is 6.50. The fraction of sp³-hybridized carbons (Fsp3) is 0.444. The van der Waals surface area contributed by atoms with E-state index in [0.29, 0.717) is 58.1 Å². The third-order valence-corrected chi connectivity index (χ3v) is 8.71. The zero-order valence-corrected chi connectivity index (χ0v) is 23.8. The van der Waals surface area contributed by atoms with Gasteiger partial charge in [0.05, 0.1) is 31.4 Å². The Labute approximate surface area is 233 Å². The summed E-state index contributed by atoms with van der Waals surface area (Å²) in [6.07, 6.45) is 3.24. The number of likely N-dealkylation sites (tertiary alicyclic amines) is 1. The minimum absolute atomic E-state index is 0.0541. The molecule has 1 aliphatic rings. The number of amides is 1. The second-order valence-electron chi connectivity index (χ2n) is 10.1. The van der Waals surface area contributed by atoms with Crippen LogP contribution < -0.4 is 16.0 Å². The molecule has 1 amide bonds. The van der Waals surface area contributed by atoms with Gasteiger partial charge in [-0.2, -0.15) is 10.2 Å². The highest BCUT2D eigenvalue weighted by molar-refractivity contribution is 7.21. The predicted molar refractivity (Wildman–Crippen MR) is 148 cm³/mol. The summed E-state index contributed by atoms with van der Waals surface area (Å²) in [6.45, 7) is 6.03. The van der Waals surface area contributed by atoms with Crippen molar-refractivity contribution in [3.63, 3.8) is 0 Å². The first kappa shape index (κ1) is 27.7. The van der Waals surface area contributed by atoms with Crippen molar-refractivity contribution in [1.82, 2.24) is 29.0 Å². The van der Waals surface area contributed by atoms with Crippen LogP contribution in [-0.2, 0) is 21.6 Å². The number of carbonyl (C=O) groups excluding carboxylic acids is 1. The number of ether oxygens (including phenoxy) is 2. The van der Waals surface area contributed by atoms with E-state index in [2.05, 4.69) is 10.2 Å². The van der Waals surface area contributed by atoms with Gasteiger partial charge in [-0.15, -0.1) is 4.80 Å². The lowest BCUT2D eigenvalue weighted by molar-refractivity contribution is -0.133. The van der Waals surface area contributed by atoms with Gasteiger partial charge in [0.2, 0.25) is 5.91 Å².